The van der Waals surface area contributed by atoms with Crippen LogP contribution in [0.5, 0.6) is 0 Å². The van der Waals surface area contributed by atoms with Crippen LogP contribution in [-0.2, 0) is 15.6 Å². The molecular formula is C8H19NO3S. The molecule has 0 saturated heterocycles. The maximum Gasteiger partial charge on any atom is 0.321 e. The van der Waals surface area contributed by atoms with Crippen LogP contribution in [0, 0.1) is 0 Å². The summed E-state index contributed by atoms with van der Waals surface area (Å²) in [6, 6.07) is -1.00. The quantitative estimate of drug-likeness (QED) is 0.709. The van der Waals surface area contributed by atoms with Crippen LogP contribution in [0.3, 0.4) is 0 Å². The lowest BCUT2D eigenvalue weighted by Gasteiger charge is -2.07. The van der Waals surface area contributed by atoms with E-state index in [4.69, 9.17) is 10.8 Å². The van der Waals surface area contributed by atoms with Gasteiger partial charge in [-0.2, -0.15) is 0 Å². The smallest absolute Gasteiger partial charge is 0.321 e. The van der Waals surface area contributed by atoms with Crippen LogP contribution in [0.1, 0.15) is 27.7 Å². The van der Waals surface area contributed by atoms with Gasteiger partial charge in [-0.1, -0.05) is 27.7 Å². The van der Waals surface area contributed by atoms with Gasteiger partial charge in [0.15, 0.2) is 0 Å². The first kappa shape index (κ1) is 15.1. The molecule has 0 amide bonds. The van der Waals surface area contributed by atoms with Gasteiger partial charge in [-0.05, 0) is 0 Å². The van der Waals surface area contributed by atoms with Crippen LogP contribution in [0.2, 0.25) is 0 Å². The molecule has 0 aliphatic heterocycles. The molecule has 0 aliphatic carbocycles. The number of carbonyl (C=O) groups is 1. The molecule has 4 nitrogen and oxygen atoms in total. The zero-order valence-corrected chi connectivity index (χ0v) is 9.43. The summed E-state index contributed by atoms with van der Waals surface area (Å²) in [4.78, 5) is 10.2. The van der Waals surface area contributed by atoms with Gasteiger partial charge in [0.25, 0.3) is 0 Å². The Balaban J connectivity index is 0. The highest BCUT2D eigenvalue weighted by Gasteiger charge is 2.16. The van der Waals surface area contributed by atoms with Gasteiger partial charge in [0.2, 0.25) is 0 Å². The number of aliphatic carboxylic acids is 1. The van der Waals surface area contributed by atoms with Gasteiger partial charge >= 0.3 is 5.97 Å². The zero-order chi connectivity index (χ0) is 11.0. The summed E-state index contributed by atoms with van der Waals surface area (Å²) < 4.78 is 11.0. The molecule has 0 spiro atoms. The third-order valence-electron chi connectivity index (χ3n) is 1.19. The highest BCUT2D eigenvalue weighted by Crippen LogP contribution is 1.95. The molecule has 3 N–H and O–H groups in total. The van der Waals surface area contributed by atoms with Crippen molar-refractivity contribution in [2.75, 3.05) is 5.75 Å². The number of carboxylic acid groups (broad SMARTS) is 1. The van der Waals surface area contributed by atoms with Crippen molar-refractivity contribution < 1.29 is 14.1 Å². The van der Waals surface area contributed by atoms with E-state index in [9.17, 15) is 9.00 Å². The molecule has 2 atom stereocenters. The van der Waals surface area contributed by atoms with E-state index in [-0.39, 0.29) is 11.0 Å². The molecule has 0 aliphatic rings. The van der Waals surface area contributed by atoms with E-state index in [2.05, 4.69) is 0 Å². The molecule has 0 saturated carbocycles. The number of rotatable bonds is 4. The minimum atomic E-state index is -1.13. The standard InChI is InChI=1S/C6H13NO3S.C2H6/c1-4(2)11(10)3-5(7)6(8)9;1-2/h4-5H,3,7H2,1-2H3,(H,8,9);1-2H3. The number of hydrogen-bond acceptors (Lipinski definition) is 3. The molecule has 13 heavy (non-hydrogen) atoms. The molecule has 0 aromatic rings. The molecule has 0 bridgehead atoms. The van der Waals surface area contributed by atoms with Crippen LogP contribution in [-0.4, -0.2) is 32.3 Å². The summed E-state index contributed by atoms with van der Waals surface area (Å²) in [5.74, 6) is -1.06. The molecule has 0 fully saturated rings. The van der Waals surface area contributed by atoms with Gasteiger partial charge in [0.05, 0.1) is 0 Å². The highest BCUT2D eigenvalue weighted by molar-refractivity contribution is 7.85. The second-order valence-electron chi connectivity index (χ2n) is 2.54. The van der Waals surface area contributed by atoms with Crippen molar-refractivity contribution in [3.8, 4) is 0 Å². The lowest BCUT2D eigenvalue weighted by molar-refractivity contribution is -0.137. The van der Waals surface area contributed by atoms with Crippen molar-refractivity contribution in [3.63, 3.8) is 0 Å². The Kier molecular flexibility index (Phi) is 9.50. The highest BCUT2D eigenvalue weighted by atomic mass is 32.2. The van der Waals surface area contributed by atoms with E-state index < -0.39 is 22.8 Å². The fourth-order valence-corrected chi connectivity index (χ4v) is 1.32. The number of carboxylic acids is 1. The average Bonchev–Trinajstić information content (AvgIpc) is 2.07. The van der Waals surface area contributed by atoms with E-state index in [0.717, 1.165) is 0 Å². The Morgan fingerprint density at radius 2 is 1.85 bits per heavy atom. The van der Waals surface area contributed by atoms with E-state index >= 15 is 0 Å². The Morgan fingerprint density at radius 3 is 2.08 bits per heavy atom. The van der Waals surface area contributed by atoms with Gasteiger partial charge in [0, 0.05) is 21.8 Å². The molecule has 0 aromatic heterocycles. The third-order valence-corrected chi connectivity index (χ3v) is 2.93. The monoisotopic (exact) mass is 209 g/mol. The van der Waals surface area contributed by atoms with Crippen molar-refractivity contribution >= 4 is 16.8 Å². The molecule has 0 radical (unpaired) electrons. The minimum Gasteiger partial charge on any atom is -0.480 e. The second-order valence-corrected chi connectivity index (χ2v) is 4.58. The predicted octanol–water partition coefficient (Wildman–Crippen LogP) is 0.582. The normalized spacial score (nSPS) is 14.3. The first-order valence-electron chi connectivity index (χ1n) is 4.30. The summed E-state index contributed by atoms with van der Waals surface area (Å²) in [6.07, 6.45) is 0. The summed E-state index contributed by atoms with van der Waals surface area (Å²) in [5, 5.41) is 8.33. The minimum absolute atomic E-state index is 0.0274. The first-order chi connectivity index (χ1) is 5.95. The lowest BCUT2D eigenvalue weighted by Crippen LogP contribution is -2.36. The first-order valence-corrected chi connectivity index (χ1v) is 5.69. The fourth-order valence-electron chi connectivity index (χ4n) is 0.441. The molecular weight excluding hydrogens is 190 g/mol. The summed E-state index contributed by atoms with van der Waals surface area (Å²) in [7, 11) is -1.13. The zero-order valence-electron chi connectivity index (χ0n) is 8.61. The molecule has 80 valence electrons. The van der Waals surface area contributed by atoms with Crippen molar-refractivity contribution in [2.45, 2.75) is 39.0 Å². The lowest BCUT2D eigenvalue weighted by atomic mass is 10.4. The predicted molar refractivity (Wildman–Crippen MR) is 55.1 cm³/mol. The Hall–Kier alpha value is -0.420. The van der Waals surface area contributed by atoms with Gasteiger partial charge in [-0.15, -0.1) is 0 Å². The third kappa shape index (κ3) is 7.93. The summed E-state index contributed by atoms with van der Waals surface area (Å²) in [5.41, 5.74) is 5.16. The van der Waals surface area contributed by atoms with E-state index in [1.807, 2.05) is 13.8 Å². The Morgan fingerprint density at radius 1 is 1.46 bits per heavy atom. The van der Waals surface area contributed by atoms with Gasteiger partial charge in [-0.25, -0.2) is 0 Å². The van der Waals surface area contributed by atoms with Crippen molar-refractivity contribution in [3.05, 3.63) is 0 Å². The Labute approximate surface area is 82.0 Å². The summed E-state index contributed by atoms with van der Waals surface area (Å²) >= 11 is 0. The fraction of sp³-hybridized carbons (Fsp3) is 0.875. The largest absolute Gasteiger partial charge is 0.480 e. The average molecular weight is 209 g/mol. The molecule has 0 heterocycles. The Bertz CT molecular complexity index is 171. The van der Waals surface area contributed by atoms with Crippen molar-refractivity contribution in [1.29, 1.82) is 0 Å². The van der Waals surface area contributed by atoms with Gasteiger partial charge < -0.3 is 10.8 Å². The van der Waals surface area contributed by atoms with Crippen LogP contribution < -0.4 is 5.73 Å². The number of nitrogens with two attached hydrogens (primary N) is 1. The molecule has 5 heteroatoms. The maximum absolute atomic E-state index is 11.0. The van der Waals surface area contributed by atoms with E-state index in [0.29, 0.717) is 0 Å². The molecule has 0 rings (SSSR count). The SMILES string of the molecule is CC.CC(C)S(=O)CC(N)C(=O)O. The van der Waals surface area contributed by atoms with Crippen molar-refractivity contribution in [2.24, 2.45) is 5.73 Å². The second kappa shape index (κ2) is 8.19. The number of hydrogen-bond donors (Lipinski definition) is 2. The topological polar surface area (TPSA) is 80.4 Å². The van der Waals surface area contributed by atoms with Crippen LogP contribution in [0.25, 0.3) is 0 Å². The van der Waals surface area contributed by atoms with Crippen LogP contribution in [0.4, 0.5) is 0 Å². The van der Waals surface area contributed by atoms with Crippen LogP contribution >= 0.6 is 0 Å². The van der Waals surface area contributed by atoms with E-state index in [1.165, 1.54) is 0 Å². The van der Waals surface area contributed by atoms with Gasteiger partial charge in [0.1, 0.15) is 6.04 Å². The summed E-state index contributed by atoms with van der Waals surface area (Å²) in [6.45, 7) is 7.54. The van der Waals surface area contributed by atoms with Crippen molar-refractivity contribution in [1.82, 2.24) is 0 Å². The van der Waals surface area contributed by atoms with E-state index in [1.54, 1.807) is 13.8 Å². The van der Waals surface area contributed by atoms with Gasteiger partial charge in [-0.3, -0.25) is 9.00 Å². The maximum atomic E-state index is 11.0. The molecule has 0 aromatic carbocycles. The van der Waals surface area contributed by atoms with Crippen LogP contribution in [0.15, 0.2) is 0 Å². The molecule has 2 unspecified atom stereocenters.